The van der Waals surface area contributed by atoms with Crippen LogP contribution in [0.2, 0.25) is 0 Å². The van der Waals surface area contributed by atoms with Gasteiger partial charge in [0.25, 0.3) is 0 Å². The van der Waals surface area contributed by atoms with Gasteiger partial charge in [-0.15, -0.1) is 11.3 Å². The maximum atomic E-state index is 12.4. The fourth-order valence-corrected chi connectivity index (χ4v) is 3.75. The average molecular weight is 414 g/mol. The molecule has 0 aliphatic carbocycles. The van der Waals surface area contributed by atoms with Crippen molar-refractivity contribution in [3.05, 3.63) is 81.2 Å². The highest BCUT2D eigenvalue weighted by Crippen LogP contribution is 2.25. The van der Waals surface area contributed by atoms with Crippen molar-refractivity contribution in [3.63, 3.8) is 0 Å². The van der Waals surface area contributed by atoms with E-state index in [2.05, 4.69) is 27.4 Å². The molecule has 0 atom stereocenters. The average Bonchev–Trinajstić information content (AvgIpc) is 3.36. The smallest absolute Gasteiger partial charge is 0.248 e. The van der Waals surface area contributed by atoms with Gasteiger partial charge in [0.15, 0.2) is 0 Å². The van der Waals surface area contributed by atoms with Gasteiger partial charge in [-0.1, -0.05) is 18.1 Å². The first-order valence-electron chi connectivity index (χ1n) is 9.22. The van der Waals surface area contributed by atoms with E-state index in [1.165, 1.54) is 0 Å². The number of aromatic amines is 1. The highest BCUT2D eigenvalue weighted by Gasteiger charge is 2.11. The number of amides is 2. The van der Waals surface area contributed by atoms with Gasteiger partial charge < -0.3 is 11.1 Å². The monoisotopic (exact) mass is 414 g/mol. The second-order valence-corrected chi connectivity index (χ2v) is 7.81. The number of benzene rings is 2. The SMILES string of the molecule is Cc1cc2n[nH]c(C#Cc3cccc(C(N)=O)c3)c2cc1NC(=O)Cc1cccs1. The first kappa shape index (κ1) is 19.4. The quantitative estimate of drug-likeness (QED) is 0.445. The topological polar surface area (TPSA) is 101 Å². The van der Waals surface area contributed by atoms with E-state index in [1.54, 1.807) is 35.6 Å². The Balaban J connectivity index is 1.61. The minimum atomic E-state index is -0.496. The Morgan fingerprint density at radius 2 is 2.03 bits per heavy atom. The number of primary amides is 1. The van der Waals surface area contributed by atoms with Gasteiger partial charge in [0.05, 0.1) is 11.9 Å². The lowest BCUT2D eigenvalue weighted by molar-refractivity contribution is -0.115. The number of aromatic nitrogens is 2. The van der Waals surface area contributed by atoms with Crippen LogP contribution in [0, 0.1) is 18.8 Å². The predicted molar refractivity (Wildman–Crippen MR) is 118 cm³/mol. The van der Waals surface area contributed by atoms with Crippen LogP contribution in [-0.4, -0.2) is 22.0 Å². The second kappa shape index (κ2) is 8.23. The van der Waals surface area contributed by atoms with Crippen molar-refractivity contribution in [1.82, 2.24) is 10.2 Å². The van der Waals surface area contributed by atoms with E-state index in [0.717, 1.165) is 27.0 Å². The molecule has 0 bridgehead atoms. The van der Waals surface area contributed by atoms with Gasteiger partial charge in [0.1, 0.15) is 5.69 Å². The lowest BCUT2D eigenvalue weighted by atomic mass is 10.1. The highest BCUT2D eigenvalue weighted by atomic mass is 32.1. The van der Waals surface area contributed by atoms with Crippen molar-refractivity contribution in [1.29, 1.82) is 0 Å². The number of nitrogens with one attached hydrogen (secondary N) is 2. The third kappa shape index (κ3) is 4.24. The number of fused-ring (bicyclic) bond motifs is 1. The van der Waals surface area contributed by atoms with Crippen LogP contribution in [0.1, 0.15) is 32.1 Å². The Morgan fingerprint density at radius 3 is 2.80 bits per heavy atom. The summed E-state index contributed by atoms with van der Waals surface area (Å²) >= 11 is 1.56. The van der Waals surface area contributed by atoms with Gasteiger partial charge in [0.2, 0.25) is 11.8 Å². The molecule has 0 saturated carbocycles. The third-order valence-electron chi connectivity index (χ3n) is 4.57. The largest absolute Gasteiger partial charge is 0.366 e. The minimum Gasteiger partial charge on any atom is -0.366 e. The molecule has 0 fully saturated rings. The summed E-state index contributed by atoms with van der Waals surface area (Å²) in [7, 11) is 0. The van der Waals surface area contributed by atoms with E-state index in [-0.39, 0.29) is 5.91 Å². The molecule has 2 aromatic carbocycles. The molecule has 30 heavy (non-hydrogen) atoms. The van der Waals surface area contributed by atoms with Gasteiger partial charge in [-0.2, -0.15) is 5.10 Å². The molecule has 4 rings (SSSR count). The molecule has 0 unspecified atom stereocenters. The number of rotatable bonds is 4. The normalized spacial score (nSPS) is 10.4. The van der Waals surface area contributed by atoms with Gasteiger partial charge in [-0.25, -0.2) is 0 Å². The number of aryl methyl sites for hydroxylation is 1. The van der Waals surface area contributed by atoms with Crippen molar-refractivity contribution in [2.75, 3.05) is 5.32 Å². The molecule has 4 N–H and O–H groups in total. The Hall–Kier alpha value is -3.89. The number of carbonyl (C=O) groups excluding carboxylic acids is 2. The maximum Gasteiger partial charge on any atom is 0.248 e. The fraction of sp³-hybridized carbons (Fsp3) is 0.0870. The number of thiophene rings is 1. The van der Waals surface area contributed by atoms with E-state index in [9.17, 15) is 9.59 Å². The summed E-state index contributed by atoms with van der Waals surface area (Å²) in [6.45, 7) is 1.93. The molecule has 148 valence electrons. The number of H-pyrrole nitrogens is 1. The van der Waals surface area contributed by atoms with Gasteiger partial charge >= 0.3 is 0 Å². The zero-order valence-electron chi connectivity index (χ0n) is 16.2. The van der Waals surface area contributed by atoms with Gasteiger partial charge in [0, 0.05) is 27.1 Å². The zero-order chi connectivity index (χ0) is 21.1. The molecule has 6 nitrogen and oxygen atoms in total. The number of nitrogens with two attached hydrogens (primary N) is 1. The van der Waals surface area contributed by atoms with Crippen molar-refractivity contribution >= 4 is 39.7 Å². The van der Waals surface area contributed by atoms with Crippen molar-refractivity contribution < 1.29 is 9.59 Å². The summed E-state index contributed by atoms with van der Waals surface area (Å²) in [4.78, 5) is 24.8. The van der Waals surface area contributed by atoms with Crippen molar-refractivity contribution in [2.24, 2.45) is 5.73 Å². The minimum absolute atomic E-state index is 0.0701. The first-order chi connectivity index (χ1) is 14.5. The Kier molecular flexibility index (Phi) is 5.33. The van der Waals surface area contributed by atoms with Crippen LogP contribution >= 0.6 is 11.3 Å². The van der Waals surface area contributed by atoms with Crippen LogP contribution in [0.25, 0.3) is 10.9 Å². The lowest BCUT2D eigenvalue weighted by Crippen LogP contribution is -2.14. The molecule has 2 heterocycles. The van der Waals surface area contributed by atoms with E-state index in [0.29, 0.717) is 23.2 Å². The van der Waals surface area contributed by atoms with Crippen LogP contribution in [0.4, 0.5) is 5.69 Å². The number of hydrogen-bond acceptors (Lipinski definition) is 4. The van der Waals surface area contributed by atoms with Crippen molar-refractivity contribution in [3.8, 4) is 11.8 Å². The molecular formula is C23H18N4O2S. The summed E-state index contributed by atoms with van der Waals surface area (Å²) in [5, 5.41) is 13.0. The molecule has 7 heteroatoms. The third-order valence-corrected chi connectivity index (χ3v) is 5.44. The Bertz CT molecular complexity index is 1310. The van der Waals surface area contributed by atoms with Crippen LogP contribution in [-0.2, 0) is 11.2 Å². The van der Waals surface area contributed by atoms with Gasteiger partial charge in [-0.3, -0.25) is 14.7 Å². The lowest BCUT2D eigenvalue weighted by Gasteiger charge is -2.08. The molecule has 0 spiro atoms. The zero-order valence-corrected chi connectivity index (χ0v) is 17.0. The molecular weight excluding hydrogens is 396 g/mol. The van der Waals surface area contributed by atoms with E-state index < -0.39 is 5.91 Å². The Morgan fingerprint density at radius 1 is 1.17 bits per heavy atom. The summed E-state index contributed by atoms with van der Waals surface area (Å²) < 4.78 is 0. The molecule has 0 saturated heterocycles. The van der Waals surface area contributed by atoms with Crippen LogP contribution in [0.5, 0.6) is 0 Å². The summed E-state index contributed by atoms with van der Waals surface area (Å²) in [5.41, 5.74) is 9.44. The summed E-state index contributed by atoms with van der Waals surface area (Å²) in [5.74, 6) is 5.51. The van der Waals surface area contributed by atoms with Crippen LogP contribution in [0.3, 0.4) is 0 Å². The van der Waals surface area contributed by atoms with Crippen LogP contribution in [0.15, 0.2) is 53.9 Å². The maximum absolute atomic E-state index is 12.4. The molecule has 0 radical (unpaired) electrons. The van der Waals surface area contributed by atoms with Crippen LogP contribution < -0.4 is 11.1 Å². The standard InChI is InChI=1S/C23H18N4O2S/c1-14-10-21-18(13-20(14)25-22(28)12-17-6-3-9-30-17)19(26-27-21)8-7-15-4-2-5-16(11-15)23(24)29/h2-6,9-11,13H,12H2,1H3,(H2,24,29)(H,25,28)(H,26,27). The summed E-state index contributed by atoms with van der Waals surface area (Å²) in [6.07, 6.45) is 0.337. The van der Waals surface area contributed by atoms with Crippen molar-refractivity contribution in [2.45, 2.75) is 13.3 Å². The first-order valence-corrected chi connectivity index (χ1v) is 10.1. The second-order valence-electron chi connectivity index (χ2n) is 6.78. The number of anilines is 1. The number of carbonyl (C=O) groups is 2. The van der Waals surface area contributed by atoms with E-state index in [4.69, 9.17) is 5.73 Å². The molecule has 4 aromatic rings. The Labute approximate surface area is 177 Å². The number of hydrogen-bond donors (Lipinski definition) is 3. The van der Waals surface area contributed by atoms with E-state index in [1.807, 2.05) is 36.6 Å². The number of nitrogens with zero attached hydrogens (tertiary/aromatic N) is 1. The van der Waals surface area contributed by atoms with E-state index >= 15 is 0 Å². The molecule has 2 aromatic heterocycles. The molecule has 0 aliphatic heterocycles. The fourth-order valence-electron chi connectivity index (χ4n) is 3.04. The molecule has 0 aliphatic rings. The predicted octanol–water partition coefficient (Wildman–Crippen LogP) is 3.61. The molecule has 2 amide bonds. The summed E-state index contributed by atoms with van der Waals surface area (Å²) in [6, 6.07) is 14.5. The van der Waals surface area contributed by atoms with Gasteiger partial charge in [-0.05, 0) is 60.2 Å². The highest BCUT2D eigenvalue weighted by molar-refractivity contribution is 7.10.